The highest BCUT2D eigenvalue weighted by atomic mass is 16.6. The van der Waals surface area contributed by atoms with Crippen LogP contribution in [0.1, 0.15) is 52.9 Å². The largest absolute Gasteiger partial charge is 0.444 e. The molecule has 2 rings (SSSR count). The van der Waals surface area contributed by atoms with E-state index in [0.717, 1.165) is 19.3 Å². The van der Waals surface area contributed by atoms with Crippen molar-refractivity contribution >= 4 is 18.3 Å². The topological polar surface area (TPSA) is 68.2 Å². The van der Waals surface area contributed by atoms with Gasteiger partial charge in [0.05, 0.1) is 5.92 Å². The Labute approximate surface area is 131 Å². The number of carbonyl (C=O) groups excluding carboxylic acids is 2. The average Bonchev–Trinajstić information content (AvgIpc) is 2.46. The Morgan fingerprint density at radius 3 is 2.41 bits per heavy atom. The fourth-order valence-corrected chi connectivity index (χ4v) is 2.59. The average molecular weight is 310 g/mol. The van der Waals surface area contributed by atoms with E-state index in [1.54, 1.807) is 4.90 Å². The molecule has 0 aliphatic carbocycles. The highest BCUT2D eigenvalue weighted by molar-refractivity contribution is 5.74. The molecule has 0 aromatic carbocycles. The van der Waals surface area contributed by atoms with E-state index >= 15 is 0 Å². The van der Waals surface area contributed by atoms with E-state index < -0.39 is 5.60 Å². The second-order valence-electron chi connectivity index (χ2n) is 6.90. The van der Waals surface area contributed by atoms with Crippen LogP contribution in [0.4, 0.5) is 4.79 Å². The van der Waals surface area contributed by atoms with E-state index in [1.165, 1.54) is 0 Å². The predicted molar refractivity (Wildman–Crippen MR) is 82.8 cm³/mol. The molecule has 124 valence electrons. The summed E-state index contributed by atoms with van der Waals surface area (Å²) < 4.78 is 10.8. The number of aliphatic imine (C=N–C) groups is 1. The van der Waals surface area contributed by atoms with Gasteiger partial charge >= 0.3 is 12.1 Å². The van der Waals surface area contributed by atoms with Crippen LogP contribution >= 0.6 is 0 Å². The Morgan fingerprint density at radius 2 is 1.86 bits per heavy atom. The fraction of sp³-hybridized carbons (Fsp3) is 0.812. The second kappa shape index (κ2) is 7.11. The summed E-state index contributed by atoms with van der Waals surface area (Å²) in [4.78, 5) is 30.0. The van der Waals surface area contributed by atoms with Crippen molar-refractivity contribution in [3.05, 3.63) is 0 Å². The molecular formula is C16H26N2O4. The van der Waals surface area contributed by atoms with Crippen molar-refractivity contribution in [1.29, 1.82) is 0 Å². The Morgan fingerprint density at radius 1 is 1.18 bits per heavy atom. The Hall–Kier alpha value is -1.59. The van der Waals surface area contributed by atoms with E-state index in [4.69, 9.17) is 9.47 Å². The molecule has 0 N–H and O–H groups in total. The lowest BCUT2D eigenvalue weighted by atomic mass is 9.97. The number of nitrogens with zero attached hydrogens (tertiary/aromatic N) is 2. The molecule has 0 radical (unpaired) electrons. The lowest BCUT2D eigenvalue weighted by molar-refractivity contribution is -0.155. The minimum Gasteiger partial charge on any atom is -0.444 e. The molecule has 1 amide bonds. The van der Waals surface area contributed by atoms with Crippen LogP contribution in [0.2, 0.25) is 0 Å². The summed E-state index contributed by atoms with van der Waals surface area (Å²) in [5, 5.41) is 0. The number of ether oxygens (including phenoxy) is 2. The van der Waals surface area contributed by atoms with Gasteiger partial charge in [-0.25, -0.2) is 4.79 Å². The van der Waals surface area contributed by atoms with Gasteiger partial charge in [0.1, 0.15) is 5.60 Å². The number of likely N-dealkylation sites (tertiary alicyclic amines) is 1. The molecular weight excluding hydrogens is 284 g/mol. The zero-order valence-corrected chi connectivity index (χ0v) is 13.7. The first-order valence-corrected chi connectivity index (χ1v) is 8.05. The third kappa shape index (κ3) is 5.00. The number of piperidine rings is 1. The monoisotopic (exact) mass is 310 g/mol. The van der Waals surface area contributed by atoms with Gasteiger partial charge in [-0.2, -0.15) is 0 Å². The number of esters is 1. The molecule has 1 unspecified atom stereocenters. The number of hydrogen-bond acceptors (Lipinski definition) is 5. The summed E-state index contributed by atoms with van der Waals surface area (Å²) in [5.74, 6) is -0.330. The normalized spacial score (nSPS) is 23.2. The van der Waals surface area contributed by atoms with Crippen molar-refractivity contribution < 1.29 is 19.1 Å². The molecule has 1 saturated heterocycles. The number of amides is 1. The van der Waals surface area contributed by atoms with Crippen LogP contribution in [0.25, 0.3) is 0 Å². The lowest BCUT2D eigenvalue weighted by Crippen LogP contribution is -2.43. The van der Waals surface area contributed by atoms with Gasteiger partial charge in [-0.1, -0.05) is 0 Å². The fourth-order valence-electron chi connectivity index (χ4n) is 2.59. The zero-order chi connectivity index (χ0) is 16.2. The number of rotatable bonds is 2. The first-order valence-electron chi connectivity index (χ1n) is 8.05. The van der Waals surface area contributed by atoms with E-state index in [1.807, 2.05) is 27.0 Å². The summed E-state index contributed by atoms with van der Waals surface area (Å²) >= 11 is 0. The maximum absolute atomic E-state index is 12.1. The Kier molecular flexibility index (Phi) is 5.42. The number of carbonyl (C=O) groups is 2. The van der Waals surface area contributed by atoms with Crippen LogP contribution in [0, 0.1) is 5.92 Å². The van der Waals surface area contributed by atoms with Gasteiger partial charge in [-0.15, -0.1) is 0 Å². The van der Waals surface area contributed by atoms with Crippen molar-refractivity contribution in [2.24, 2.45) is 10.9 Å². The first kappa shape index (κ1) is 16.8. The maximum atomic E-state index is 12.1. The lowest BCUT2D eigenvalue weighted by Gasteiger charge is -2.33. The molecule has 0 aromatic heterocycles. The Bertz CT molecular complexity index is 434. The van der Waals surface area contributed by atoms with E-state index in [2.05, 4.69) is 4.99 Å². The molecule has 0 aromatic rings. The molecule has 6 heteroatoms. The second-order valence-corrected chi connectivity index (χ2v) is 6.90. The maximum Gasteiger partial charge on any atom is 0.410 e. The van der Waals surface area contributed by atoms with Gasteiger partial charge < -0.3 is 14.4 Å². The standard InChI is InChI=1S/C16H26N2O4/c1-16(2,3)22-15(20)18-10-7-12(8-11-18)14(19)21-13-6-4-5-9-17-13/h9,12-13H,4-8,10-11H2,1-3H3. The zero-order valence-electron chi connectivity index (χ0n) is 13.7. The van der Waals surface area contributed by atoms with E-state index in [9.17, 15) is 9.59 Å². The van der Waals surface area contributed by atoms with Gasteiger partial charge in [0.2, 0.25) is 0 Å². The van der Waals surface area contributed by atoms with Crippen LogP contribution in [-0.4, -0.2) is 48.1 Å². The molecule has 1 atom stereocenters. The quantitative estimate of drug-likeness (QED) is 0.735. The van der Waals surface area contributed by atoms with Gasteiger partial charge in [-0.05, 0) is 46.5 Å². The minimum atomic E-state index is -0.494. The van der Waals surface area contributed by atoms with Gasteiger partial charge in [0.15, 0.2) is 6.23 Å². The Balaban J connectivity index is 1.76. The summed E-state index contributed by atoms with van der Waals surface area (Å²) in [6.45, 7) is 6.60. The van der Waals surface area contributed by atoms with Crippen LogP contribution in [0.3, 0.4) is 0 Å². The third-order valence-electron chi connectivity index (χ3n) is 3.79. The van der Waals surface area contributed by atoms with Crippen molar-refractivity contribution in [2.75, 3.05) is 13.1 Å². The molecule has 0 bridgehead atoms. The predicted octanol–water partition coefficient (Wildman–Crippen LogP) is 2.76. The smallest absolute Gasteiger partial charge is 0.410 e. The van der Waals surface area contributed by atoms with E-state index in [-0.39, 0.29) is 24.2 Å². The summed E-state index contributed by atoms with van der Waals surface area (Å²) in [6, 6.07) is 0. The summed E-state index contributed by atoms with van der Waals surface area (Å²) in [6.07, 6.45) is 5.22. The highest BCUT2D eigenvalue weighted by Crippen LogP contribution is 2.22. The molecule has 1 fully saturated rings. The van der Waals surface area contributed by atoms with Gasteiger partial charge in [0, 0.05) is 25.7 Å². The summed E-state index contributed by atoms with van der Waals surface area (Å²) in [5.41, 5.74) is -0.494. The molecule has 2 aliphatic heterocycles. The van der Waals surface area contributed by atoms with Crippen molar-refractivity contribution in [3.8, 4) is 0 Å². The molecule has 6 nitrogen and oxygen atoms in total. The van der Waals surface area contributed by atoms with E-state index in [0.29, 0.717) is 25.9 Å². The van der Waals surface area contributed by atoms with Crippen LogP contribution in [0.5, 0.6) is 0 Å². The van der Waals surface area contributed by atoms with Crippen molar-refractivity contribution in [1.82, 2.24) is 4.90 Å². The molecule has 2 aliphatic rings. The molecule has 0 saturated carbocycles. The minimum absolute atomic E-state index is 0.143. The van der Waals surface area contributed by atoms with Gasteiger partial charge in [-0.3, -0.25) is 9.79 Å². The number of hydrogen-bond donors (Lipinski definition) is 0. The SMILES string of the molecule is CC(C)(C)OC(=O)N1CCC(C(=O)OC2CCCC=N2)CC1. The van der Waals surface area contributed by atoms with Crippen LogP contribution < -0.4 is 0 Å². The molecule has 0 spiro atoms. The van der Waals surface area contributed by atoms with Crippen LogP contribution in [0.15, 0.2) is 4.99 Å². The summed E-state index contributed by atoms with van der Waals surface area (Å²) in [7, 11) is 0. The van der Waals surface area contributed by atoms with Crippen LogP contribution in [-0.2, 0) is 14.3 Å². The molecule has 22 heavy (non-hydrogen) atoms. The third-order valence-corrected chi connectivity index (χ3v) is 3.79. The van der Waals surface area contributed by atoms with Gasteiger partial charge in [0.25, 0.3) is 0 Å². The highest BCUT2D eigenvalue weighted by Gasteiger charge is 2.31. The first-order chi connectivity index (χ1) is 10.3. The van der Waals surface area contributed by atoms with Crippen molar-refractivity contribution in [2.45, 2.75) is 64.7 Å². The van der Waals surface area contributed by atoms with Crippen molar-refractivity contribution in [3.63, 3.8) is 0 Å². The molecule has 2 heterocycles.